The van der Waals surface area contributed by atoms with Crippen molar-refractivity contribution >= 4 is 16.8 Å². The van der Waals surface area contributed by atoms with Gasteiger partial charge in [-0.05, 0) is 43.2 Å². The van der Waals surface area contributed by atoms with Crippen LogP contribution in [0.15, 0.2) is 0 Å². The van der Waals surface area contributed by atoms with Gasteiger partial charge in [0, 0.05) is 5.41 Å². The van der Waals surface area contributed by atoms with E-state index < -0.39 is 0 Å². The maximum absolute atomic E-state index is 11.3. The van der Waals surface area contributed by atoms with Crippen LogP contribution in [0.1, 0.15) is 44.9 Å². The molecule has 0 heterocycles. The van der Waals surface area contributed by atoms with Crippen molar-refractivity contribution in [2.24, 2.45) is 11.3 Å². The molecule has 0 aromatic carbocycles. The lowest BCUT2D eigenvalue weighted by Crippen LogP contribution is -2.23. The predicted octanol–water partition coefficient (Wildman–Crippen LogP) is 3.11. The molecule has 2 bridgehead atoms. The zero-order valence-electron chi connectivity index (χ0n) is 7.31. The number of carbonyl (C=O) groups is 1. The summed E-state index contributed by atoms with van der Waals surface area (Å²) in [5.74, 6) is 0.801. The molecule has 2 aliphatic rings. The molecule has 0 saturated heterocycles. The topological polar surface area (TPSA) is 17.1 Å². The molecular weight excluding hydrogens is 172 g/mol. The molecule has 2 saturated carbocycles. The van der Waals surface area contributed by atoms with Crippen LogP contribution < -0.4 is 0 Å². The van der Waals surface area contributed by atoms with Crippen molar-refractivity contribution in [1.29, 1.82) is 0 Å². The van der Waals surface area contributed by atoms with Gasteiger partial charge < -0.3 is 0 Å². The zero-order chi connectivity index (χ0) is 8.60. The van der Waals surface area contributed by atoms with Gasteiger partial charge in [0.05, 0.1) is 0 Å². The molecule has 12 heavy (non-hydrogen) atoms. The summed E-state index contributed by atoms with van der Waals surface area (Å²) in [6.07, 6.45) is 8.25. The second-order valence-electron chi connectivity index (χ2n) is 4.41. The van der Waals surface area contributed by atoms with Crippen LogP contribution in [0.2, 0.25) is 0 Å². The number of hydrogen-bond acceptors (Lipinski definition) is 1. The van der Waals surface area contributed by atoms with Crippen LogP contribution in [0.25, 0.3) is 0 Å². The summed E-state index contributed by atoms with van der Waals surface area (Å²) >= 11 is 5.67. The molecule has 2 fully saturated rings. The average molecular weight is 187 g/mol. The first-order chi connectivity index (χ1) is 5.73. The molecule has 2 heteroatoms. The van der Waals surface area contributed by atoms with E-state index in [1.807, 2.05) is 0 Å². The number of rotatable bonds is 1. The molecule has 0 radical (unpaired) electrons. The maximum atomic E-state index is 11.3. The van der Waals surface area contributed by atoms with Crippen LogP contribution in [-0.2, 0) is 4.79 Å². The van der Waals surface area contributed by atoms with E-state index in [0.29, 0.717) is 0 Å². The van der Waals surface area contributed by atoms with E-state index in [4.69, 9.17) is 11.6 Å². The van der Waals surface area contributed by atoms with Crippen molar-refractivity contribution in [2.75, 3.05) is 0 Å². The monoisotopic (exact) mass is 186 g/mol. The lowest BCUT2D eigenvalue weighted by atomic mass is 9.83. The van der Waals surface area contributed by atoms with Gasteiger partial charge in [0.2, 0.25) is 5.24 Å². The Bertz CT molecular complexity index is 202. The van der Waals surface area contributed by atoms with E-state index in [0.717, 1.165) is 25.2 Å². The highest BCUT2D eigenvalue weighted by atomic mass is 35.5. The SMILES string of the molecule is O=C(Cl)C12CCCCC(CC1)C2. The molecule has 0 aromatic rings. The van der Waals surface area contributed by atoms with Gasteiger partial charge in [-0.15, -0.1) is 0 Å². The van der Waals surface area contributed by atoms with Gasteiger partial charge in [0.25, 0.3) is 0 Å². The largest absolute Gasteiger partial charge is 0.281 e. The normalized spacial score (nSPS) is 40.9. The summed E-state index contributed by atoms with van der Waals surface area (Å²) in [6, 6.07) is 0. The molecule has 0 aliphatic heterocycles. The standard InChI is InChI=1S/C10H15ClO/c11-9(12)10-5-2-1-3-8(7-10)4-6-10/h8H,1-7H2. The average Bonchev–Trinajstić information content (AvgIpc) is 2.27. The Balaban J connectivity index is 2.18. The third kappa shape index (κ3) is 1.28. The fourth-order valence-corrected chi connectivity index (χ4v) is 3.15. The Kier molecular flexibility index (Phi) is 2.16. The molecule has 2 rings (SSSR count). The molecule has 2 unspecified atom stereocenters. The lowest BCUT2D eigenvalue weighted by Gasteiger charge is -2.22. The molecule has 2 aliphatic carbocycles. The van der Waals surface area contributed by atoms with Gasteiger partial charge in [-0.25, -0.2) is 0 Å². The van der Waals surface area contributed by atoms with Crippen molar-refractivity contribution in [3.63, 3.8) is 0 Å². The van der Waals surface area contributed by atoms with Crippen molar-refractivity contribution in [3.05, 3.63) is 0 Å². The first kappa shape index (κ1) is 8.55. The van der Waals surface area contributed by atoms with E-state index in [-0.39, 0.29) is 10.7 Å². The zero-order valence-corrected chi connectivity index (χ0v) is 8.07. The molecule has 68 valence electrons. The minimum Gasteiger partial charge on any atom is -0.281 e. The van der Waals surface area contributed by atoms with Crippen LogP contribution in [0.3, 0.4) is 0 Å². The smallest absolute Gasteiger partial charge is 0.227 e. The molecule has 0 spiro atoms. The highest BCUT2D eigenvalue weighted by molar-refractivity contribution is 6.64. The Morgan fingerprint density at radius 3 is 2.83 bits per heavy atom. The van der Waals surface area contributed by atoms with E-state index in [1.165, 1.54) is 25.7 Å². The summed E-state index contributed by atoms with van der Waals surface area (Å²) in [6.45, 7) is 0. The fraction of sp³-hybridized carbons (Fsp3) is 0.900. The Hall–Kier alpha value is -0.0400. The summed E-state index contributed by atoms with van der Waals surface area (Å²) in [5, 5.41) is -0.0631. The first-order valence-electron chi connectivity index (χ1n) is 4.93. The van der Waals surface area contributed by atoms with Crippen LogP contribution in [-0.4, -0.2) is 5.24 Å². The molecule has 2 atom stereocenters. The van der Waals surface area contributed by atoms with Crippen LogP contribution in [0.4, 0.5) is 0 Å². The van der Waals surface area contributed by atoms with Crippen LogP contribution in [0, 0.1) is 11.3 Å². The van der Waals surface area contributed by atoms with Gasteiger partial charge in [-0.3, -0.25) is 4.79 Å². The molecule has 0 aromatic heterocycles. The van der Waals surface area contributed by atoms with E-state index in [2.05, 4.69) is 0 Å². The van der Waals surface area contributed by atoms with Crippen molar-refractivity contribution in [1.82, 2.24) is 0 Å². The molecule has 0 amide bonds. The third-order valence-corrected chi connectivity index (χ3v) is 4.05. The van der Waals surface area contributed by atoms with Gasteiger partial charge >= 0.3 is 0 Å². The number of halogens is 1. The van der Waals surface area contributed by atoms with E-state index in [1.54, 1.807) is 0 Å². The van der Waals surface area contributed by atoms with Gasteiger partial charge in [-0.1, -0.05) is 19.3 Å². The fourth-order valence-electron chi connectivity index (χ4n) is 2.88. The van der Waals surface area contributed by atoms with Crippen molar-refractivity contribution < 1.29 is 4.79 Å². The Morgan fingerprint density at radius 1 is 1.25 bits per heavy atom. The summed E-state index contributed by atoms with van der Waals surface area (Å²) in [4.78, 5) is 11.3. The van der Waals surface area contributed by atoms with E-state index in [9.17, 15) is 4.79 Å². The Labute approximate surface area is 78.5 Å². The van der Waals surface area contributed by atoms with Crippen LogP contribution >= 0.6 is 11.6 Å². The maximum Gasteiger partial charge on any atom is 0.227 e. The Morgan fingerprint density at radius 2 is 2.08 bits per heavy atom. The second kappa shape index (κ2) is 3.02. The first-order valence-corrected chi connectivity index (χ1v) is 5.31. The predicted molar refractivity (Wildman–Crippen MR) is 49.1 cm³/mol. The second-order valence-corrected chi connectivity index (χ2v) is 4.75. The summed E-state index contributed by atoms with van der Waals surface area (Å²) in [5.41, 5.74) is -0.0945. The van der Waals surface area contributed by atoms with E-state index >= 15 is 0 Å². The minimum absolute atomic E-state index is 0.0631. The van der Waals surface area contributed by atoms with Crippen LogP contribution in [0.5, 0.6) is 0 Å². The summed E-state index contributed by atoms with van der Waals surface area (Å²) in [7, 11) is 0. The summed E-state index contributed by atoms with van der Waals surface area (Å²) < 4.78 is 0. The molecular formula is C10H15ClO. The van der Waals surface area contributed by atoms with Gasteiger partial charge in [0.1, 0.15) is 0 Å². The van der Waals surface area contributed by atoms with Crippen molar-refractivity contribution in [2.45, 2.75) is 44.9 Å². The highest BCUT2D eigenvalue weighted by Gasteiger charge is 2.44. The molecule has 0 N–H and O–H groups in total. The minimum atomic E-state index is -0.0945. The quantitative estimate of drug-likeness (QED) is 0.576. The number of hydrogen-bond donors (Lipinski definition) is 0. The van der Waals surface area contributed by atoms with Gasteiger partial charge in [0.15, 0.2) is 0 Å². The van der Waals surface area contributed by atoms with Gasteiger partial charge in [-0.2, -0.15) is 0 Å². The third-order valence-electron chi connectivity index (χ3n) is 3.65. The highest BCUT2D eigenvalue weighted by Crippen LogP contribution is 2.50. The lowest BCUT2D eigenvalue weighted by molar-refractivity contribution is -0.120. The number of fused-ring (bicyclic) bond motifs is 2. The number of carbonyl (C=O) groups excluding carboxylic acids is 1. The van der Waals surface area contributed by atoms with Crippen molar-refractivity contribution in [3.8, 4) is 0 Å². The molecule has 1 nitrogen and oxygen atoms in total.